The van der Waals surface area contributed by atoms with Gasteiger partial charge in [0.1, 0.15) is 5.65 Å². The lowest BCUT2D eigenvalue weighted by atomic mass is 9.84. The number of carbonyl (C=O) groups is 1. The largest absolute Gasteiger partial charge is 0.350 e. The lowest BCUT2D eigenvalue weighted by Gasteiger charge is -2.41. The third-order valence-corrected chi connectivity index (χ3v) is 5.44. The standard InChI is InChI=1S/C18H25N5O/c1-2-19-9-12-3-5-13(6-4-12)23-11-22-18(24)15-10-21-17-14(16(15)23)7-8-20-17/h7-8,10,12-13,19H,2-6,9,11H2,1H3,(H,20,21)(H,22,24). The number of nitrogens with zero attached hydrogens (tertiary/aromatic N) is 2. The Labute approximate surface area is 142 Å². The zero-order chi connectivity index (χ0) is 16.5. The van der Waals surface area contributed by atoms with Crippen molar-refractivity contribution in [1.29, 1.82) is 0 Å². The Morgan fingerprint density at radius 1 is 1.33 bits per heavy atom. The highest BCUT2D eigenvalue weighted by atomic mass is 16.2. The van der Waals surface area contributed by atoms with Crippen LogP contribution in [0.3, 0.4) is 0 Å². The molecule has 0 atom stereocenters. The van der Waals surface area contributed by atoms with E-state index in [-0.39, 0.29) is 5.91 Å². The first kappa shape index (κ1) is 15.4. The monoisotopic (exact) mass is 327 g/mol. The highest BCUT2D eigenvalue weighted by Gasteiger charge is 2.32. The summed E-state index contributed by atoms with van der Waals surface area (Å²) in [5.41, 5.74) is 2.61. The summed E-state index contributed by atoms with van der Waals surface area (Å²) >= 11 is 0. The van der Waals surface area contributed by atoms with Gasteiger partial charge in [0.25, 0.3) is 5.91 Å². The summed E-state index contributed by atoms with van der Waals surface area (Å²) in [6, 6.07) is 2.52. The maximum absolute atomic E-state index is 12.3. The maximum Gasteiger partial charge on any atom is 0.256 e. The van der Waals surface area contributed by atoms with E-state index >= 15 is 0 Å². The zero-order valence-electron chi connectivity index (χ0n) is 14.1. The van der Waals surface area contributed by atoms with E-state index in [9.17, 15) is 4.79 Å². The normalized spacial score (nSPS) is 24.0. The Morgan fingerprint density at radius 2 is 2.17 bits per heavy atom. The van der Waals surface area contributed by atoms with Crippen molar-refractivity contribution in [2.75, 3.05) is 24.7 Å². The van der Waals surface area contributed by atoms with E-state index in [0.29, 0.717) is 18.3 Å². The van der Waals surface area contributed by atoms with Gasteiger partial charge in [0.15, 0.2) is 0 Å². The van der Waals surface area contributed by atoms with E-state index in [1.54, 1.807) is 6.20 Å². The summed E-state index contributed by atoms with van der Waals surface area (Å²) in [5.74, 6) is 0.766. The number of fused-ring (bicyclic) bond motifs is 3. The molecule has 4 rings (SSSR count). The summed E-state index contributed by atoms with van der Waals surface area (Å²) < 4.78 is 0. The summed E-state index contributed by atoms with van der Waals surface area (Å²) in [7, 11) is 0. The molecule has 2 aromatic heterocycles. The Bertz CT molecular complexity index is 732. The number of amides is 1. The molecule has 0 unspecified atom stereocenters. The second kappa shape index (κ2) is 6.43. The molecule has 24 heavy (non-hydrogen) atoms. The fourth-order valence-electron chi connectivity index (χ4n) is 4.12. The molecule has 2 aromatic rings. The number of pyridine rings is 1. The zero-order valence-corrected chi connectivity index (χ0v) is 14.1. The van der Waals surface area contributed by atoms with Gasteiger partial charge in [0.2, 0.25) is 0 Å². The fourth-order valence-corrected chi connectivity index (χ4v) is 4.12. The van der Waals surface area contributed by atoms with Crippen LogP contribution < -0.4 is 15.5 Å². The van der Waals surface area contributed by atoms with Crippen LogP contribution in [-0.4, -0.2) is 41.7 Å². The van der Waals surface area contributed by atoms with E-state index in [0.717, 1.165) is 35.7 Å². The van der Waals surface area contributed by atoms with Crippen molar-refractivity contribution >= 4 is 22.6 Å². The van der Waals surface area contributed by atoms with Gasteiger partial charge in [-0.25, -0.2) is 4.98 Å². The maximum atomic E-state index is 12.3. The Hall–Kier alpha value is -2.08. The number of hydrogen-bond acceptors (Lipinski definition) is 4. The number of hydrogen-bond donors (Lipinski definition) is 3. The number of nitrogens with one attached hydrogen (secondary N) is 3. The summed E-state index contributed by atoms with van der Waals surface area (Å²) in [4.78, 5) is 22.2. The van der Waals surface area contributed by atoms with Crippen molar-refractivity contribution in [3.63, 3.8) is 0 Å². The smallest absolute Gasteiger partial charge is 0.256 e. The van der Waals surface area contributed by atoms with Gasteiger partial charge in [-0.3, -0.25) is 4.79 Å². The van der Waals surface area contributed by atoms with Crippen molar-refractivity contribution in [3.05, 3.63) is 24.0 Å². The predicted molar refractivity (Wildman–Crippen MR) is 95.2 cm³/mol. The summed E-state index contributed by atoms with van der Waals surface area (Å²) in [6.07, 6.45) is 8.46. The highest BCUT2D eigenvalue weighted by Crippen LogP contribution is 2.36. The van der Waals surface area contributed by atoms with Gasteiger partial charge < -0.3 is 20.5 Å². The molecule has 1 saturated carbocycles. The molecule has 0 bridgehead atoms. The van der Waals surface area contributed by atoms with Gasteiger partial charge in [-0.15, -0.1) is 0 Å². The molecule has 1 aliphatic heterocycles. The van der Waals surface area contributed by atoms with Crippen molar-refractivity contribution < 1.29 is 4.79 Å². The average molecular weight is 327 g/mol. The average Bonchev–Trinajstić information content (AvgIpc) is 3.10. The molecular formula is C18H25N5O. The van der Waals surface area contributed by atoms with Crippen molar-refractivity contribution in [2.45, 2.75) is 38.6 Å². The molecule has 3 N–H and O–H groups in total. The van der Waals surface area contributed by atoms with Crippen LogP contribution in [0.1, 0.15) is 43.0 Å². The molecule has 6 nitrogen and oxygen atoms in total. The molecule has 0 spiro atoms. The van der Waals surface area contributed by atoms with E-state index < -0.39 is 0 Å². The van der Waals surface area contributed by atoms with Crippen LogP contribution in [0.15, 0.2) is 18.5 Å². The van der Waals surface area contributed by atoms with Gasteiger partial charge in [-0.1, -0.05) is 6.92 Å². The molecular weight excluding hydrogens is 302 g/mol. The van der Waals surface area contributed by atoms with Crippen LogP contribution in [0.4, 0.5) is 5.69 Å². The minimum atomic E-state index is -0.0160. The van der Waals surface area contributed by atoms with Crippen molar-refractivity contribution in [1.82, 2.24) is 20.6 Å². The molecule has 0 aromatic carbocycles. The Morgan fingerprint density at radius 3 is 2.96 bits per heavy atom. The second-order valence-electron chi connectivity index (χ2n) is 6.88. The van der Waals surface area contributed by atoms with Crippen LogP contribution >= 0.6 is 0 Å². The molecule has 3 heterocycles. The van der Waals surface area contributed by atoms with Gasteiger partial charge >= 0.3 is 0 Å². The lowest BCUT2D eigenvalue weighted by molar-refractivity contribution is 0.0944. The third-order valence-electron chi connectivity index (χ3n) is 5.44. The highest BCUT2D eigenvalue weighted by molar-refractivity contribution is 6.08. The van der Waals surface area contributed by atoms with E-state index in [4.69, 9.17) is 0 Å². The van der Waals surface area contributed by atoms with Crippen LogP contribution in [-0.2, 0) is 0 Å². The Balaban J connectivity index is 1.59. The number of rotatable bonds is 4. The van der Waals surface area contributed by atoms with Crippen LogP contribution in [0, 0.1) is 5.92 Å². The predicted octanol–water partition coefficient (Wildman–Crippen LogP) is 2.24. The molecule has 0 radical (unpaired) electrons. The molecule has 2 aliphatic rings. The van der Waals surface area contributed by atoms with Crippen molar-refractivity contribution in [2.24, 2.45) is 5.92 Å². The van der Waals surface area contributed by atoms with Gasteiger partial charge in [-0.05, 0) is 50.8 Å². The number of anilines is 1. The van der Waals surface area contributed by atoms with Crippen LogP contribution in [0.5, 0.6) is 0 Å². The molecule has 1 aliphatic carbocycles. The minimum absolute atomic E-state index is 0.0160. The third kappa shape index (κ3) is 2.65. The van der Waals surface area contributed by atoms with Gasteiger partial charge in [0, 0.05) is 23.8 Å². The summed E-state index contributed by atoms with van der Waals surface area (Å²) in [6.45, 7) is 4.93. The lowest BCUT2D eigenvalue weighted by Crippen LogP contribution is -2.50. The van der Waals surface area contributed by atoms with Crippen molar-refractivity contribution in [3.8, 4) is 0 Å². The quantitative estimate of drug-likeness (QED) is 0.805. The van der Waals surface area contributed by atoms with E-state index in [1.807, 2.05) is 12.3 Å². The first-order chi connectivity index (χ1) is 11.8. The number of carbonyl (C=O) groups excluding carboxylic acids is 1. The molecule has 1 amide bonds. The van der Waals surface area contributed by atoms with Crippen LogP contribution in [0.25, 0.3) is 11.0 Å². The number of H-pyrrole nitrogens is 1. The molecule has 6 heteroatoms. The molecule has 1 fully saturated rings. The first-order valence-electron chi connectivity index (χ1n) is 8.99. The van der Waals surface area contributed by atoms with E-state index in [1.165, 1.54) is 25.7 Å². The second-order valence-corrected chi connectivity index (χ2v) is 6.88. The first-order valence-corrected chi connectivity index (χ1v) is 8.99. The van der Waals surface area contributed by atoms with Crippen LogP contribution in [0.2, 0.25) is 0 Å². The van der Waals surface area contributed by atoms with Gasteiger partial charge in [-0.2, -0.15) is 0 Å². The Kier molecular flexibility index (Phi) is 4.14. The van der Waals surface area contributed by atoms with E-state index in [2.05, 4.69) is 32.4 Å². The molecule has 0 saturated heterocycles. The molecule has 128 valence electrons. The fraction of sp³-hybridized carbons (Fsp3) is 0.556. The van der Waals surface area contributed by atoms with Gasteiger partial charge in [0.05, 0.1) is 17.9 Å². The SMILES string of the molecule is CCNCC1CCC(N2CNC(=O)c3cnc4[nH]ccc4c32)CC1. The number of aromatic amines is 1. The minimum Gasteiger partial charge on any atom is -0.350 e. The number of aromatic nitrogens is 2. The summed E-state index contributed by atoms with van der Waals surface area (Å²) in [5, 5.41) is 7.54. The topological polar surface area (TPSA) is 73.0 Å².